The predicted molar refractivity (Wildman–Crippen MR) is 102 cm³/mol. The molecular formula is C20H21N5O3. The minimum Gasteiger partial charge on any atom is -0.266 e. The van der Waals surface area contributed by atoms with E-state index in [2.05, 4.69) is 16.0 Å². The Morgan fingerprint density at radius 2 is 1.82 bits per heavy atom. The average Bonchev–Trinajstić information content (AvgIpc) is 3.34. The molecule has 1 aromatic heterocycles. The van der Waals surface area contributed by atoms with Gasteiger partial charge in [0, 0.05) is 5.56 Å². The van der Waals surface area contributed by atoms with E-state index in [-0.39, 0.29) is 0 Å². The van der Waals surface area contributed by atoms with Crippen molar-refractivity contribution in [3.63, 3.8) is 0 Å². The summed E-state index contributed by atoms with van der Waals surface area (Å²) < 4.78 is 1.60. The summed E-state index contributed by atoms with van der Waals surface area (Å²) in [6, 6.07) is 20.9. The molecule has 1 aliphatic heterocycles. The Morgan fingerprint density at radius 1 is 1.14 bits per heavy atom. The van der Waals surface area contributed by atoms with Gasteiger partial charge in [0.25, 0.3) is 5.91 Å². The van der Waals surface area contributed by atoms with Gasteiger partial charge in [0.1, 0.15) is 5.69 Å². The molecule has 8 heteroatoms. The van der Waals surface area contributed by atoms with Crippen LogP contribution in [0.2, 0.25) is 0 Å². The number of amides is 1. The molecule has 3 aromatic rings. The highest BCUT2D eigenvalue weighted by Crippen LogP contribution is 2.23. The fourth-order valence-electron chi connectivity index (χ4n) is 2.74. The molecule has 0 radical (unpaired) electrons. The number of hydroxylamine groups is 1. The van der Waals surface area contributed by atoms with E-state index in [4.69, 9.17) is 9.78 Å². The van der Waals surface area contributed by atoms with Crippen LogP contribution >= 0.6 is 0 Å². The minimum absolute atomic E-state index is 0.349. The second-order valence-electron chi connectivity index (χ2n) is 6.60. The molecular weight excluding hydrogens is 358 g/mol. The lowest BCUT2D eigenvalue weighted by atomic mass is 10.1. The molecule has 1 fully saturated rings. The van der Waals surface area contributed by atoms with Crippen molar-refractivity contribution in [1.82, 2.24) is 26.0 Å². The van der Waals surface area contributed by atoms with Gasteiger partial charge in [-0.2, -0.15) is 10.0 Å². The van der Waals surface area contributed by atoms with Crippen molar-refractivity contribution in [2.75, 3.05) is 0 Å². The van der Waals surface area contributed by atoms with Crippen molar-refractivity contribution < 1.29 is 14.6 Å². The standard InChI is InChI=1S/C20H21N5O3/c1-3-20(2)23-28-25(27-20)22-19(26)18-14-17(15-10-6-4-7-11-15)21-24(18)16-12-8-5-9-13-16/h4-14,23H,3H2,1-2H3,(H,22,26). The number of para-hydroxylation sites is 1. The lowest BCUT2D eigenvalue weighted by molar-refractivity contribution is -0.349. The Morgan fingerprint density at radius 3 is 2.46 bits per heavy atom. The number of hydrazine groups is 1. The normalized spacial score (nSPS) is 19.6. The molecule has 1 saturated heterocycles. The van der Waals surface area contributed by atoms with Crippen LogP contribution < -0.4 is 10.9 Å². The van der Waals surface area contributed by atoms with Gasteiger partial charge in [0.2, 0.25) is 0 Å². The molecule has 2 aromatic carbocycles. The molecule has 2 N–H and O–H groups in total. The molecule has 0 bridgehead atoms. The maximum atomic E-state index is 12.9. The van der Waals surface area contributed by atoms with Crippen LogP contribution in [-0.4, -0.2) is 26.7 Å². The van der Waals surface area contributed by atoms with Crippen LogP contribution in [0.15, 0.2) is 66.7 Å². The topological polar surface area (TPSA) is 80.7 Å². The van der Waals surface area contributed by atoms with Crippen LogP contribution in [0, 0.1) is 0 Å². The number of aromatic nitrogens is 2. The zero-order chi connectivity index (χ0) is 19.6. The number of carbonyl (C=O) groups excluding carboxylic acids is 1. The Hall–Kier alpha value is -3.04. The first-order valence-corrected chi connectivity index (χ1v) is 9.03. The third kappa shape index (κ3) is 3.67. The fraction of sp³-hybridized carbons (Fsp3) is 0.200. The average molecular weight is 379 g/mol. The first kappa shape index (κ1) is 18.3. The van der Waals surface area contributed by atoms with Crippen LogP contribution in [0.5, 0.6) is 0 Å². The number of carbonyl (C=O) groups is 1. The van der Waals surface area contributed by atoms with E-state index in [9.17, 15) is 4.79 Å². The zero-order valence-electron chi connectivity index (χ0n) is 15.6. The summed E-state index contributed by atoms with van der Waals surface area (Å²) in [7, 11) is 0. The van der Waals surface area contributed by atoms with Crippen molar-refractivity contribution >= 4 is 5.91 Å². The second kappa shape index (κ2) is 7.53. The third-order valence-electron chi connectivity index (χ3n) is 4.51. The van der Waals surface area contributed by atoms with Crippen molar-refractivity contribution in [3.8, 4) is 16.9 Å². The maximum absolute atomic E-state index is 12.9. The molecule has 0 aliphatic carbocycles. The summed E-state index contributed by atoms with van der Waals surface area (Å²) >= 11 is 0. The number of hydrogen-bond acceptors (Lipinski definition) is 6. The zero-order valence-corrected chi connectivity index (χ0v) is 15.6. The van der Waals surface area contributed by atoms with Crippen LogP contribution in [-0.2, 0) is 9.78 Å². The highest BCUT2D eigenvalue weighted by molar-refractivity contribution is 5.94. The molecule has 8 nitrogen and oxygen atoms in total. The number of rotatable bonds is 5. The van der Waals surface area contributed by atoms with Crippen LogP contribution in [0.1, 0.15) is 30.8 Å². The van der Waals surface area contributed by atoms with Gasteiger partial charge in [-0.05, 0) is 31.5 Å². The van der Waals surface area contributed by atoms with E-state index in [1.807, 2.05) is 74.5 Å². The van der Waals surface area contributed by atoms with Gasteiger partial charge in [0.15, 0.2) is 5.72 Å². The molecule has 1 atom stereocenters. The van der Waals surface area contributed by atoms with Crippen molar-refractivity contribution in [3.05, 3.63) is 72.4 Å². The summed E-state index contributed by atoms with van der Waals surface area (Å²) in [6.07, 6.45) is 0.652. The summed E-state index contributed by atoms with van der Waals surface area (Å²) in [6.45, 7) is 3.76. The number of nitrogens with one attached hydrogen (secondary N) is 2. The largest absolute Gasteiger partial charge is 0.288 e. The molecule has 1 aliphatic rings. The predicted octanol–water partition coefficient (Wildman–Crippen LogP) is 2.99. The smallest absolute Gasteiger partial charge is 0.266 e. The Labute approximate surface area is 162 Å². The fourth-order valence-corrected chi connectivity index (χ4v) is 2.74. The first-order valence-electron chi connectivity index (χ1n) is 9.03. The molecule has 144 valence electrons. The SMILES string of the molecule is CCC1(C)NON(NC(=O)c2cc(-c3ccccc3)nn2-c2ccccc2)O1. The maximum Gasteiger partial charge on any atom is 0.288 e. The lowest BCUT2D eigenvalue weighted by Gasteiger charge is -2.18. The van der Waals surface area contributed by atoms with Crippen LogP contribution in [0.3, 0.4) is 0 Å². The van der Waals surface area contributed by atoms with Crippen LogP contribution in [0.4, 0.5) is 0 Å². The summed E-state index contributed by atoms with van der Waals surface area (Å²) in [4.78, 5) is 23.7. The van der Waals surface area contributed by atoms with Gasteiger partial charge in [-0.1, -0.05) is 55.5 Å². The van der Waals surface area contributed by atoms with Gasteiger partial charge in [-0.25, -0.2) is 14.9 Å². The van der Waals surface area contributed by atoms with Gasteiger partial charge < -0.3 is 0 Å². The van der Waals surface area contributed by atoms with E-state index in [0.29, 0.717) is 17.8 Å². The summed E-state index contributed by atoms with van der Waals surface area (Å²) in [5.74, 6) is -0.416. The van der Waals surface area contributed by atoms with Gasteiger partial charge in [-0.3, -0.25) is 4.79 Å². The second-order valence-corrected chi connectivity index (χ2v) is 6.60. The third-order valence-corrected chi connectivity index (χ3v) is 4.51. The van der Waals surface area contributed by atoms with Gasteiger partial charge in [-0.15, -0.1) is 5.48 Å². The van der Waals surface area contributed by atoms with E-state index < -0.39 is 11.6 Å². The number of benzene rings is 2. The molecule has 0 saturated carbocycles. The minimum atomic E-state index is -0.706. The van der Waals surface area contributed by atoms with Gasteiger partial charge in [0.05, 0.1) is 16.7 Å². The molecule has 0 spiro atoms. The number of hydrogen-bond donors (Lipinski definition) is 2. The molecule has 4 rings (SSSR count). The molecule has 28 heavy (non-hydrogen) atoms. The summed E-state index contributed by atoms with van der Waals surface area (Å²) in [5, 5.41) is 5.56. The molecule has 2 heterocycles. The van der Waals surface area contributed by atoms with E-state index in [1.54, 1.807) is 10.7 Å². The Balaban J connectivity index is 1.65. The number of nitrogens with zero attached hydrogens (tertiary/aromatic N) is 3. The van der Waals surface area contributed by atoms with Crippen molar-refractivity contribution in [1.29, 1.82) is 0 Å². The summed E-state index contributed by atoms with van der Waals surface area (Å²) in [5.41, 5.74) is 7.34. The van der Waals surface area contributed by atoms with E-state index in [1.165, 1.54) is 0 Å². The Bertz CT molecular complexity index is 960. The quantitative estimate of drug-likeness (QED) is 0.709. The molecule has 1 unspecified atom stereocenters. The first-order chi connectivity index (χ1) is 13.6. The highest BCUT2D eigenvalue weighted by Gasteiger charge is 2.36. The van der Waals surface area contributed by atoms with E-state index >= 15 is 0 Å². The lowest BCUT2D eigenvalue weighted by Crippen LogP contribution is -2.41. The van der Waals surface area contributed by atoms with Crippen molar-refractivity contribution in [2.24, 2.45) is 0 Å². The van der Waals surface area contributed by atoms with Gasteiger partial charge >= 0.3 is 0 Å². The van der Waals surface area contributed by atoms with E-state index in [0.717, 1.165) is 16.6 Å². The highest BCUT2D eigenvalue weighted by atomic mass is 17.1. The van der Waals surface area contributed by atoms with Crippen LogP contribution in [0.25, 0.3) is 16.9 Å². The van der Waals surface area contributed by atoms with Crippen molar-refractivity contribution in [2.45, 2.75) is 26.0 Å². The molecule has 1 amide bonds. The Kier molecular flexibility index (Phi) is 4.93. The monoisotopic (exact) mass is 379 g/mol.